The molecule has 0 fully saturated rings. The summed E-state index contributed by atoms with van der Waals surface area (Å²) in [6.45, 7) is 3.56. The van der Waals surface area contributed by atoms with Gasteiger partial charge in [0.15, 0.2) is 0 Å². The molecule has 0 aromatic rings. The summed E-state index contributed by atoms with van der Waals surface area (Å²) in [5, 5.41) is 0. The predicted molar refractivity (Wildman–Crippen MR) is 40.3 cm³/mol. The molecule has 0 N–H and O–H groups in total. The van der Waals surface area contributed by atoms with Gasteiger partial charge in [-0.3, -0.25) is 4.79 Å². The zero-order valence-electron chi connectivity index (χ0n) is 6.24. The molecule has 0 saturated heterocycles. The predicted octanol–water partition coefficient (Wildman–Crippen LogP) is 1.31. The van der Waals surface area contributed by atoms with Crippen molar-refractivity contribution in [1.29, 1.82) is 0 Å². The van der Waals surface area contributed by atoms with Crippen LogP contribution in [0.5, 0.6) is 0 Å². The van der Waals surface area contributed by atoms with Crippen molar-refractivity contribution in [1.82, 2.24) is 4.90 Å². The van der Waals surface area contributed by atoms with Crippen molar-refractivity contribution >= 4 is 5.91 Å². The Morgan fingerprint density at radius 3 is 2.60 bits per heavy atom. The van der Waals surface area contributed by atoms with Crippen molar-refractivity contribution in [3.8, 4) is 0 Å². The lowest BCUT2D eigenvalue weighted by atomic mass is 10.2. The second-order valence-corrected chi connectivity index (χ2v) is 2.39. The van der Waals surface area contributed by atoms with E-state index in [9.17, 15) is 4.79 Å². The summed E-state index contributed by atoms with van der Waals surface area (Å²) >= 11 is 0. The van der Waals surface area contributed by atoms with Gasteiger partial charge in [0.2, 0.25) is 5.91 Å². The lowest BCUT2D eigenvalue weighted by molar-refractivity contribution is -0.127. The maximum Gasteiger partial charge on any atom is 0.223 e. The number of hydrogen-bond acceptors (Lipinski definition) is 1. The summed E-state index contributed by atoms with van der Waals surface area (Å²) in [5.41, 5.74) is 0. The smallest absolute Gasteiger partial charge is 0.223 e. The van der Waals surface area contributed by atoms with Crippen molar-refractivity contribution in [2.75, 3.05) is 0 Å². The van der Waals surface area contributed by atoms with E-state index in [1.807, 2.05) is 25.2 Å². The third-order valence-electron chi connectivity index (χ3n) is 1.55. The van der Waals surface area contributed by atoms with Crippen LogP contribution < -0.4 is 0 Å². The first kappa shape index (κ1) is 7.06. The zero-order valence-corrected chi connectivity index (χ0v) is 6.24. The molecule has 1 rings (SSSR count). The van der Waals surface area contributed by atoms with Crippen LogP contribution in [-0.4, -0.2) is 16.8 Å². The molecule has 2 nitrogen and oxygen atoms in total. The summed E-state index contributed by atoms with van der Waals surface area (Å²) in [7, 11) is 0. The molecule has 1 aliphatic heterocycles. The van der Waals surface area contributed by atoms with E-state index in [1.54, 1.807) is 18.0 Å². The number of allylic oxidation sites excluding steroid dienone is 2. The fourth-order valence-electron chi connectivity index (χ4n) is 0.988. The molecule has 0 spiro atoms. The molecule has 0 saturated carbocycles. The second-order valence-electron chi connectivity index (χ2n) is 2.39. The van der Waals surface area contributed by atoms with E-state index in [4.69, 9.17) is 0 Å². The van der Waals surface area contributed by atoms with Crippen molar-refractivity contribution in [3.63, 3.8) is 0 Å². The third-order valence-corrected chi connectivity index (χ3v) is 1.55. The van der Waals surface area contributed by atoms with E-state index in [0.717, 1.165) is 0 Å². The largest absolute Gasteiger partial charge is 0.313 e. The molecule has 2 heteroatoms. The Hall–Kier alpha value is -1.05. The summed E-state index contributed by atoms with van der Waals surface area (Å²) in [6.07, 6.45) is 7.60. The van der Waals surface area contributed by atoms with E-state index in [1.165, 1.54) is 0 Å². The van der Waals surface area contributed by atoms with Crippen LogP contribution in [0.2, 0.25) is 0 Å². The van der Waals surface area contributed by atoms with E-state index >= 15 is 0 Å². The number of carbonyl (C=O) groups excluding carboxylic acids is 1. The first-order valence-electron chi connectivity index (χ1n) is 3.35. The zero-order chi connectivity index (χ0) is 7.56. The molecule has 10 heavy (non-hydrogen) atoms. The third kappa shape index (κ3) is 1.26. The summed E-state index contributed by atoms with van der Waals surface area (Å²) < 4.78 is 0. The first-order chi connectivity index (χ1) is 4.72. The lowest BCUT2D eigenvalue weighted by Gasteiger charge is -2.23. The summed E-state index contributed by atoms with van der Waals surface area (Å²) in [4.78, 5) is 12.5. The minimum atomic E-state index is 0.0908. The van der Waals surface area contributed by atoms with Gasteiger partial charge in [-0.25, -0.2) is 0 Å². The maximum atomic E-state index is 10.9. The molecular formula is C8H11NO. The van der Waals surface area contributed by atoms with Crippen molar-refractivity contribution < 1.29 is 4.79 Å². The summed E-state index contributed by atoms with van der Waals surface area (Å²) in [6, 6.07) is 0.211. The Kier molecular flexibility index (Phi) is 1.90. The Morgan fingerprint density at radius 1 is 1.50 bits per heavy atom. The van der Waals surface area contributed by atoms with Gasteiger partial charge in [-0.15, -0.1) is 0 Å². The highest BCUT2D eigenvalue weighted by atomic mass is 16.2. The Balaban J connectivity index is 2.70. The van der Waals surface area contributed by atoms with E-state index in [-0.39, 0.29) is 11.9 Å². The number of rotatable bonds is 0. The highest BCUT2D eigenvalue weighted by Crippen LogP contribution is 2.06. The molecule has 0 aromatic heterocycles. The van der Waals surface area contributed by atoms with Gasteiger partial charge in [0.05, 0.1) is 6.04 Å². The van der Waals surface area contributed by atoms with Crippen LogP contribution >= 0.6 is 0 Å². The fourth-order valence-corrected chi connectivity index (χ4v) is 0.988. The van der Waals surface area contributed by atoms with Gasteiger partial charge in [-0.1, -0.05) is 12.2 Å². The number of carbonyl (C=O) groups is 1. The van der Waals surface area contributed by atoms with Crippen LogP contribution in [0, 0.1) is 0 Å². The topological polar surface area (TPSA) is 20.3 Å². The second kappa shape index (κ2) is 2.69. The molecule has 1 heterocycles. The fraction of sp³-hybridized carbons (Fsp3) is 0.375. The molecule has 54 valence electrons. The highest BCUT2D eigenvalue weighted by Gasteiger charge is 2.11. The van der Waals surface area contributed by atoms with E-state index in [0.29, 0.717) is 0 Å². The molecule has 0 radical (unpaired) electrons. The number of nitrogens with zero attached hydrogens (tertiary/aromatic N) is 1. The van der Waals surface area contributed by atoms with Gasteiger partial charge >= 0.3 is 0 Å². The maximum absolute atomic E-state index is 10.9. The van der Waals surface area contributed by atoms with Crippen LogP contribution in [0.1, 0.15) is 13.8 Å². The van der Waals surface area contributed by atoms with Crippen LogP contribution in [0.25, 0.3) is 0 Å². The Morgan fingerprint density at radius 2 is 2.20 bits per heavy atom. The average molecular weight is 137 g/mol. The SMILES string of the molecule is CC(=O)N1C=CC=C[C@@H]1C. The van der Waals surface area contributed by atoms with Crippen molar-refractivity contribution in [2.24, 2.45) is 0 Å². The number of hydrogen-bond donors (Lipinski definition) is 0. The monoisotopic (exact) mass is 137 g/mol. The van der Waals surface area contributed by atoms with Gasteiger partial charge in [0.25, 0.3) is 0 Å². The van der Waals surface area contributed by atoms with Crippen LogP contribution in [0.15, 0.2) is 24.4 Å². The van der Waals surface area contributed by atoms with Crippen LogP contribution in [0.4, 0.5) is 0 Å². The molecule has 0 aliphatic carbocycles. The number of amides is 1. The quantitative estimate of drug-likeness (QED) is 0.493. The van der Waals surface area contributed by atoms with E-state index < -0.39 is 0 Å². The van der Waals surface area contributed by atoms with Crippen LogP contribution in [0.3, 0.4) is 0 Å². The van der Waals surface area contributed by atoms with Gasteiger partial charge in [0, 0.05) is 13.1 Å². The Bertz CT molecular complexity index is 193. The minimum Gasteiger partial charge on any atom is -0.313 e. The lowest BCUT2D eigenvalue weighted by Crippen LogP contribution is -2.31. The minimum absolute atomic E-state index is 0.0908. The van der Waals surface area contributed by atoms with Crippen LogP contribution in [-0.2, 0) is 4.79 Å². The molecule has 0 aromatic carbocycles. The molecule has 1 amide bonds. The van der Waals surface area contributed by atoms with Gasteiger partial charge in [0.1, 0.15) is 0 Å². The molecule has 0 bridgehead atoms. The molecular weight excluding hydrogens is 126 g/mol. The van der Waals surface area contributed by atoms with Gasteiger partial charge in [-0.05, 0) is 13.0 Å². The molecule has 1 atom stereocenters. The average Bonchev–Trinajstić information content (AvgIpc) is 1.88. The standard InChI is InChI=1S/C8H11NO/c1-7-5-3-4-6-9(7)8(2)10/h3-7H,1-2H3/t7-/m0/s1. The highest BCUT2D eigenvalue weighted by molar-refractivity contribution is 5.75. The van der Waals surface area contributed by atoms with Gasteiger partial charge < -0.3 is 4.90 Å². The molecule has 1 aliphatic rings. The Labute approximate surface area is 60.8 Å². The first-order valence-corrected chi connectivity index (χ1v) is 3.35. The van der Waals surface area contributed by atoms with Crippen molar-refractivity contribution in [3.05, 3.63) is 24.4 Å². The van der Waals surface area contributed by atoms with Gasteiger partial charge in [-0.2, -0.15) is 0 Å². The van der Waals surface area contributed by atoms with Crippen molar-refractivity contribution in [2.45, 2.75) is 19.9 Å². The molecule has 0 unspecified atom stereocenters. The van der Waals surface area contributed by atoms with E-state index in [2.05, 4.69) is 0 Å². The normalized spacial score (nSPS) is 23.4. The summed E-state index contributed by atoms with van der Waals surface area (Å²) in [5.74, 6) is 0.0908.